The molecule has 0 aliphatic carbocycles. The molecule has 170 valence electrons. The van der Waals surface area contributed by atoms with Crippen molar-refractivity contribution >= 4 is 23.0 Å². The molecule has 7 heteroatoms. The highest BCUT2D eigenvalue weighted by molar-refractivity contribution is 7.10. The Kier molecular flexibility index (Phi) is 6.15. The summed E-state index contributed by atoms with van der Waals surface area (Å²) in [4.78, 5) is 16.8. The fourth-order valence-electron chi connectivity index (χ4n) is 4.67. The second-order valence-electron chi connectivity index (χ2n) is 8.22. The number of hydrogen-bond acceptors (Lipinski definition) is 6. The summed E-state index contributed by atoms with van der Waals surface area (Å²) in [5.74, 6) is 1.49. The van der Waals surface area contributed by atoms with Gasteiger partial charge >= 0.3 is 0 Å². The van der Waals surface area contributed by atoms with Crippen LogP contribution in [0.2, 0.25) is 0 Å². The maximum absolute atomic E-state index is 13.3. The molecular formula is C26H27N3O3S. The molecule has 0 radical (unpaired) electrons. The number of benzene rings is 2. The minimum absolute atomic E-state index is 0.00215. The topological polar surface area (TPSA) is 54.4 Å². The third-order valence-electron chi connectivity index (χ3n) is 6.32. The van der Waals surface area contributed by atoms with Crippen molar-refractivity contribution < 1.29 is 14.3 Å². The molecule has 5 rings (SSSR count). The Balaban J connectivity index is 1.41. The van der Waals surface area contributed by atoms with Crippen LogP contribution in [0.15, 0.2) is 65.1 Å². The summed E-state index contributed by atoms with van der Waals surface area (Å²) in [5, 5.41) is 8.37. The highest BCUT2D eigenvalue weighted by atomic mass is 32.1. The third-order valence-corrected chi connectivity index (χ3v) is 7.25. The number of carbonyl (C=O) groups is 1. The molecule has 0 spiro atoms. The number of fused-ring (bicyclic) bond motifs is 1. The summed E-state index contributed by atoms with van der Waals surface area (Å²) in [6.07, 6.45) is 1.63. The van der Waals surface area contributed by atoms with Gasteiger partial charge in [0.2, 0.25) is 0 Å². The number of rotatable bonds is 6. The lowest BCUT2D eigenvalue weighted by Gasteiger charge is -2.37. The normalized spacial score (nSPS) is 18.1. The lowest BCUT2D eigenvalue weighted by atomic mass is 9.91. The van der Waals surface area contributed by atoms with Crippen LogP contribution in [0, 0.1) is 0 Å². The summed E-state index contributed by atoms with van der Waals surface area (Å²) in [6, 6.07) is 18.4. The van der Waals surface area contributed by atoms with Gasteiger partial charge in [0, 0.05) is 17.8 Å². The highest BCUT2D eigenvalue weighted by Crippen LogP contribution is 2.42. The summed E-state index contributed by atoms with van der Waals surface area (Å²) in [7, 11) is 3.32. The average molecular weight is 462 g/mol. The maximum Gasteiger partial charge on any atom is 0.256 e. The first-order valence-electron chi connectivity index (χ1n) is 11.1. The number of amides is 1. The molecule has 2 aliphatic heterocycles. The molecule has 33 heavy (non-hydrogen) atoms. The molecule has 1 amide bonds. The fourth-order valence-corrected chi connectivity index (χ4v) is 5.55. The van der Waals surface area contributed by atoms with Gasteiger partial charge in [-0.25, -0.2) is 5.01 Å². The monoisotopic (exact) mass is 461 g/mol. The molecule has 3 heterocycles. The standard InChI is InChI=1S/C26H27N3O3S/c1-31-22-15-19-10-12-28(26(24-9-6-14-33-24)20(19)16-23(22)32-2)17-25(30)29-13-11-21(27-29)18-7-4-3-5-8-18/h3-9,14-16,26H,10-13,17H2,1-2H3. The zero-order chi connectivity index (χ0) is 22.8. The number of methoxy groups -OCH3 is 2. The minimum atomic E-state index is -0.00215. The van der Waals surface area contributed by atoms with Crippen LogP contribution < -0.4 is 9.47 Å². The lowest BCUT2D eigenvalue weighted by Crippen LogP contribution is -2.42. The molecule has 0 fully saturated rings. The number of carbonyl (C=O) groups excluding carboxylic acids is 1. The van der Waals surface area contributed by atoms with E-state index in [-0.39, 0.29) is 11.9 Å². The van der Waals surface area contributed by atoms with E-state index >= 15 is 0 Å². The molecule has 0 saturated heterocycles. The molecule has 0 N–H and O–H groups in total. The minimum Gasteiger partial charge on any atom is -0.493 e. The zero-order valence-corrected chi connectivity index (χ0v) is 19.7. The Morgan fingerprint density at radius 2 is 1.82 bits per heavy atom. The van der Waals surface area contributed by atoms with Gasteiger partial charge in [0.15, 0.2) is 11.5 Å². The predicted molar refractivity (Wildman–Crippen MR) is 130 cm³/mol. The first-order chi connectivity index (χ1) is 16.2. The molecule has 1 aromatic heterocycles. The average Bonchev–Trinajstić information content (AvgIpc) is 3.56. The maximum atomic E-state index is 13.3. The van der Waals surface area contributed by atoms with Crippen molar-refractivity contribution in [3.8, 4) is 11.5 Å². The Bertz CT molecular complexity index is 1160. The van der Waals surface area contributed by atoms with Gasteiger partial charge in [-0.15, -0.1) is 11.3 Å². The van der Waals surface area contributed by atoms with Crippen LogP contribution in [0.25, 0.3) is 0 Å². The van der Waals surface area contributed by atoms with Gasteiger partial charge in [-0.3, -0.25) is 9.69 Å². The van der Waals surface area contributed by atoms with E-state index in [1.807, 2.05) is 30.3 Å². The second kappa shape index (κ2) is 9.37. The van der Waals surface area contributed by atoms with E-state index in [4.69, 9.17) is 9.47 Å². The van der Waals surface area contributed by atoms with Crippen molar-refractivity contribution in [3.05, 3.63) is 81.5 Å². The van der Waals surface area contributed by atoms with Crippen molar-refractivity contribution in [2.75, 3.05) is 33.9 Å². The van der Waals surface area contributed by atoms with Crippen LogP contribution in [-0.4, -0.2) is 55.4 Å². The molecule has 3 aromatic rings. The van der Waals surface area contributed by atoms with Crippen molar-refractivity contribution in [1.29, 1.82) is 0 Å². The van der Waals surface area contributed by atoms with Crippen LogP contribution in [0.4, 0.5) is 0 Å². The van der Waals surface area contributed by atoms with Crippen LogP contribution in [0.5, 0.6) is 11.5 Å². The first-order valence-corrected chi connectivity index (χ1v) is 12.0. The number of thiophene rings is 1. The quantitative estimate of drug-likeness (QED) is 0.548. The van der Waals surface area contributed by atoms with E-state index in [1.54, 1.807) is 30.6 Å². The van der Waals surface area contributed by atoms with Gasteiger partial charge in [-0.1, -0.05) is 36.4 Å². The van der Waals surface area contributed by atoms with Crippen molar-refractivity contribution in [2.24, 2.45) is 5.10 Å². The molecule has 1 atom stereocenters. The van der Waals surface area contributed by atoms with Gasteiger partial charge in [0.1, 0.15) is 0 Å². The first kappa shape index (κ1) is 21.7. The number of nitrogens with zero attached hydrogens (tertiary/aromatic N) is 3. The predicted octanol–water partition coefficient (Wildman–Crippen LogP) is 4.35. The van der Waals surface area contributed by atoms with Crippen molar-refractivity contribution in [2.45, 2.75) is 18.9 Å². The molecule has 2 aromatic carbocycles. The fraction of sp³-hybridized carbons (Fsp3) is 0.308. The summed E-state index contributed by atoms with van der Waals surface area (Å²) < 4.78 is 11.1. The van der Waals surface area contributed by atoms with Gasteiger partial charge in [0.05, 0.1) is 39.1 Å². The third kappa shape index (κ3) is 4.26. The number of ether oxygens (including phenoxy) is 2. The lowest BCUT2D eigenvalue weighted by molar-refractivity contribution is -0.132. The van der Waals surface area contributed by atoms with Gasteiger partial charge in [-0.2, -0.15) is 5.10 Å². The van der Waals surface area contributed by atoms with Crippen LogP contribution >= 0.6 is 11.3 Å². The Hall–Kier alpha value is -3.16. The van der Waals surface area contributed by atoms with E-state index in [9.17, 15) is 4.79 Å². The summed E-state index contributed by atoms with van der Waals surface area (Å²) in [6.45, 7) is 1.74. The molecule has 0 bridgehead atoms. The van der Waals surface area contributed by atoms with Gasteiger partial charge < -0.3 is 9.47 Å². The van der Waals surface area contributed by atoms with Crippen LogP contribution in [-0.2, 0) is 11.2 Å². The van der Waals surface area contributed by atoms with E-state index in [0.717, 1.165) is 36.4 Å². The highest BCUT2D eigenvalue weighted by Gasteiger charge is 2.33. The Morgan fingerprint density at radius 3 is 2.55 bits per heavy atom. The Labute approximate surface area is 198 Å². The van der Waals surface area contributed by atoms with Crippen LogP contribution in [0.3, 0.4) is 0 Å². The summed E-state index contributed by atoms with van der Waals surface area (Å²) >= 11 is 1.71. The van der Waals surface area contributed by atoms with Crippen molar-refractivity contribution in [1.82, 2.24) is 9.91 Å². The number of hydrazone groups is 1. The van der Waals surface area contributed by atoms with E-state index in [1.165, 1.54) is 16.0 Å². The SMILES string of the molecule is COc1cc2c(cc1OC)C(c1cccs1)N(CC(=O)N1CCC(c3ccccc3)=N1)CC2. The van der Waals surface area contributed by atoms with Crippen molar-refractivity contribution in [3.63, 3.8) is 0 Å². The van der Waals surface area contributed by atoms with Crippen LogP contribution in [0.1, 0.15) is 34.0 Å². The smallest absolute Gasteiger partial charge is 0.256 e. The zero-order valence-electron chi connectivity index (χ0n) is 18.9. The van der Waals surface area contributed by atoms with E-state index < -0.39 is 0 Å². The molecule has 6 nitrogen and oxygen atoms in total. The van der Waals surface area contributed by atoms with Gasteiger partial charge in [0.25, 0.3) is 5.91 Å². The second-order valence-corrected chi connectivity index (χ2v) is 9.20. The summed E-state index contributed by atoms with van der Waals surface area (Å²) in [5.41, 5.74) is 4.46. The number of hydrogen-bond donors (Lipinski definition) is 0. The van der Waals surface area contributed by atoms with Gasteiger partial charge in [-0.05, 0) is 46.7 Å². The molecule has 2 aliphatic rings. The Morgan fingerprint density at radius 1 is 1.03 bits per heavy atom. The largest absolute Gasteiger partial charge is 0.493 e. The molecular weight excluding hydrogens is 434 g/mol. The van der Waals surface area contributed by atoms with E-state index in [2.05, 4.69) is 39.6 Å². The molecule has 0 saturated carbocycles. The molecule has 1 unspecified atom stereocenters. The van der Waals surface area contributed by atoms with E-state index in [0.29, 0.717) is 18.8 Å².